The minimum Gasteiger partial charge on any atom is -0.394 e. The van der Waals surface area contributed by atoms with E-state index in [0.29, 0.717) is 0 Å². The Morgan fingerprint density at radius 1 is 1.50 bits per heavy atom. The topological polar surface area (TPSA) is 47.1 Å². The fourth-order valence-electron chi connectivity index (χ4n) is 1.69. The van der Waals surface area contributed by atoms with Gasteiger partial charge in [0.05, 0.1) is 11.4 Å². The Morgan fingerprint density at radius 3 is 2.75 bits per heavy atom. The highest BCUT2D eigenvalue weighted by Gasteiger charge is 2.15. The van der Waals surface area contributed by atoms with Crippen molar-refractivity contribution in [2.45, 2.75) is 26.8 Å². The third-order valence-corrected chi connectivity index (χ3v) is 3.16. The summed E-state index contributed by atoms with van der Waals surface area (Å²) in [5.41, 5.74) is 7.82. The van der Waals surface area contributed by atoms with Gasteiger partial charge in [-0.1, -0.05) is 6.92 Å². The van der Waals surface area contributed by atoms with Gasteiger partial charge in [0.15, 0.2) is 0 Å². The van der Waals surface area contributed by atoms with Crippen molar-refractivity contribution < 1.29 is 0 Å². The number of hydrogen-bond donors (Lipinski definition) is 1. The number of rotatable bonds is 6. The molecule has 0 saturated heterocycles. The van der Waals surface area contributed by atoms with E-state index in [0.717, 1.165) is 42.5 Å². The van der Waals surface area contributed by atoms with Crippen LogP contribution in [0.2, 0.25) is 0 Å². The highest BCUT2D eigenvalue weighted by atomic mass is 32.2. The summed E-state index contributed by atoms with van der Waals surface area (Å²) in [5.74, 6) is 2.17. The second-order valence-electron chi connectivity index (χ2n) is 3.96. The molecule has 0 aliphatic carbocycles. The van der Waals surface area contributed by atoms with Crippen LogP contribution in [0.3, 0.4) is 0 Å². The van der Waals surface area contributed by atoms with Crippen molar-refractivity contribution in [3.05, 3.63) is 5.69 Å². The molecule has 0 aliphatic heterocycles. The van der Waals surface area contributed by atoms with E-state index >= 15 is 0 Å². The second-order valence-corrected chi connectivity index (χ2v) is 4.95. The summed E-state index contributed by atoms with van der Waals surface area (Å²) in [6.07, 6.45) is 3.19. The maximum Gasteiger partial charge on any atom is 0.150 e. The highest BCUT2D eigenvalue weighted by molar-refractivity contribution is 7.98. The van der Waals surface area contributed by atoms with E-state index in [2.05, 4.69) is 30.2 Å². The van der Waals surface area contributed by atoms with Gasteiger partial charge in [-0.15, -0.1) is 0 Å². The van der Waals surface area contributed by atoms with Gasteiger partial charge in [-0.05, 0) is 19.6 Å². The first-order valence-electron chi connectivity index (χ1n) is 5.64. The van der Waals surface area contributed by atoms with Gasteiger partial charge in [-0.2, -0.15) is 16.9 Å². The number of nitrogens with zero attached hydrogens (tertiary/aromatic N) is 3. The van der Waals surface area contributed by atoms with E-state index in [1.165, 1.54) is 0 Å². The summed E-state index contributed by atoms with van der Waals surface area (Å²) in [4.78, 5) is 2.20. The predicted molar refractivity (Wildman–Crippen MR) is 73.3 cm³/mol. The Morgan fingerprint density at radius 2 is 2.19 bits per heavy atom. The maximum absolute atomic E-state index is 6.07. The molecule has 0 aliphatic rings. The third kappa shape index (κ3) is 2.84. The Hall–Kier alpha value is -0.840. The molecule has 1 aromatic heterocycles. The van der Waals surface area contributed by atoms with Crippen molar-refractivity contribution in [2.24, 2.45) is 0 Å². The Kier molecular flexibility index (Phi) is 4.99. The van der Waals surface area contributed by atoms with Crippen LogP contribution in [0.5, 0.6) is 0 Å². The number of thioether (sulfide) groups is 1. The zero-order valence-electron chi connectivity index (χ0n) is 10.7. The molecule has 0 saturated carbocycles. The molecular formula is C11H22N4S. The third-order valence-electron chi connectivity index (χ3n) is 2.57. The van der Waals surface area contributed by atoms with Gasteiger partial charge in [-0.25, -0.2) is 4.68 Å². The number of nitrogen functional groups attached to an aromatic ring is 1. The van der Waals surface area contributed by atoms with Crippen LogP contribution in [0.25, 0.3) is 0 Å². The van der Waals surface area contributed by atoms with Crippen molar-refractivity contribution in [1.82, 2.24) is 9.78 Å². The van der Waals surface area contributed by atoms with Crippen molar-refractivity contribution >= 4 is 23.3 Å². The van der Waals surface area contributed by atoms with Gasteiger partial charge < -0.3 is 10.6 Å². The lowest BCUT2D eigenvalue weighted by atomic mass is 10.3. The monoisotopic (exact) mass is 242 g/mol. The van der Waals surface area contributed by atoms with Crippen LogP contribution < -0.4 is 10.6 Å². The van der Waals surface area contributed by atoms with Gasteiger partial charge in [-0.3, -0.25) is 0 Å². The molecule has 5 heteroatoms. The molecular weight excluding hydrogens is 220 g/mol. The first-order valence-corrected chi connectivity index (χ1v) is 7.04. The first kappa shape index (κ1) is 13.2. The maximum atomic E-state index is 6.07. The number of nitrogens with two attached hydrogens (primary N) is 1. The van der Waals surface area contributed by atoms with E-state index in [4.69, 9.17) is 5.73 Å². The summed E-state index contributed by atoms with van der Waals surface area (Å²) in [7, 11) is 2.08. The molecule has 1 aromatic rings. The lowest BCUT2D eigenvalue weighted by Crippen LogP contribution is -2.24. The molecule has 0 fully saturated rings. The summed E-state index contributed by atoms with van der Waals surface area (Å²) >= 11 is 1.84. The van der Waals surface area contributed by atoms with Crippen LogP contribution in [0, 0.1) is 6.92 Å². The van der Waals surface area contributed by atoms with Gasteiger partial charge in [0.25, 0.3) is 0 Å². The van der Waals surface area contributed by atoms with E-state index < -0.39 is 0 Å². The first-order chi connectivity index (χ1) is 7.61. The molecule has 0 atom stereocenters. The van der Waals surface area contributed by atoms with Crippen molar-refractivity contribution in [1.29, 1.82) is 0 Å². The fraction of sp³-hybridized carbons (Fsp3) is 0.727. The van der Waals surface area contributed by atoms with Gasteiger partial charge in [0, 0.05) is 25.9 Å². The van der Waals surface area contributed by atoms with E-state index in [1.807, 2.05) is 23.4 Å². The van der Waals surface area contributed by atoms with Crippen molar-refractivity contribution in [3.8, 4) is 0 Å². The van der Waals surface area contributed by atoms with Crippen molar-refractivity contribution in [2.75, 3.05) is 36.2 Å². The number of aromatic nitrogens is 2. The lowest BCUT2D eigenvalue weighted by Gasteiger charge is -2.20. The average molecular weight is 242 g/mol. The zero-order chi connectivity index (χ0) is 12.1. The molecule has 0 radical (unpaired) electrons. The molecule has 92 valence electrons. The second kappa shape index (κ2) is 6.03. The Balaban J connectivity index is 2.90. The van der Waals surface area contributed by atoms with Crippen LogP contribution in [0.1, 0.15) is 19.0 Å². The fourth-order valence-corrected chi connectivity index (χ4v) is 2.14. The molecule has 0 aromatic carbocycles. The summed E-state index contributed by atoms with van der Waals surface area (Å²) in [6, 6.07) is 0. The molecule has 0 amide bonds. The predicted octanol–water partition coefficient (Wildman–Crippen LogP) is 1.98. The van der Waals surface area contributed by atoms with Crippen LogP contribution in [0.4, 0.5) is 11.5 Å². The van der Waals surface area contributed by atoms with Crippen molar-refractivity contribution in [3.63, 3.8) is 0 Å². The molecule has 2 N–H and O–H groups in total. The minimum atomic E-state index is 0.817. The molecule has 4 nitrogen and oxygen atoms in total. The molecule has 16 heavy (non-hydrogen) atoms. The number of aryl methyl sites for hydroxylation is 2. The summed E-state index contributed by atoms with van der Waals surface area (Å²) in [5, 5.41) is 4.47. The molecule has 1 heterocycles. The van der Waals surface area contributed by atoms with E-state index in [9.17, 15) is 0 Å². The molecule has 0 spiro atoms. The molecule has 1 rings (SSSR count). The Bertz CT molecular complexity index is 335. The van der Waals surface area contributed by atoms with E-state index in [-0.39, 0.29) is 0 Å². The lowest BCUT2D eigenvalue weighted by molar-refractivity contribution is 0.593. The SMILES string of the molecule is CCCn1nc(C)c(N)c1N(C)CCSC. The standard InChI is InChI=1S/C11H22N4S/c1-5-6-15-11(10(12)9(2)13-15)14(3)7-8-16-4/h5-8,12H2,1-4H3. The van der Waals surface area contributed by atoms with Gasteiger partial charge >= 0.3 is 0 Å². The quantitative estimate of drug-likeness (QED) is 0.828. The van der Waals surface area contributed by atoms with Crippen LogP contribution in [-0.4, -0.2) is 35.4 Å². The van der Waals surface area contributed by atoms with Crippen LogP contribution in [-0.2, 0) is 6.54 Å². The summed E-state index contributed by atoms with van der Waals surface area (Å²) in [6.45, 7) is 6.05. The number of anilines is 2. The van der Waals surface area contributed by atoms with E-state index in [1.54, 1.807) is 0 Å². The molecule has 0 bridgehead atoms. The van der Waals surface area contributed by atoms with Crippen LogP contribution >= 0.6 is 11.8 Å². The largest absolute Gasteiger partial charge is 0.394 e. The van der Waals surface area contributed by atoms with Gasteiger partial charge in [0.1, 0.15) is 5.82 Å². The van der Waals surface area contributed by atoms with Gasteiger partial charge in [0.2, 0.25) is 0 Å². The summed E-state index contributed by atoms with van der Waals surface area (Å²) < 4.78 is 2.02. The van der Waals surface area contributed by atoms with Crippen LogP contribution in [0.15, 0.2) is 0 Å². The smallest absolute Gasteiger partial charge is 0.150 e. The normalized spacial score (nSPS) is 10.8. The minimum absolute atomic E-state index is 0.817. The Labute approximate surface area is 102 Å². The zero-order valence-corrected chi connectivity index (χ0v) is 11.5. The molecule has 0 unspecified atom stereocenters. The highest BCUT2D eigenvalue weighted by Crippen LogP contribution is 2.25. The number of hydrogen-bond acceptors (Lipinski definition) is 4. The average Bonchev–Trinajstić information content (AvgIpc) is 2.52.